The van der Waals surface area contributed by atoms with E-state index in [4.69, 9.17) is 16.3 Å². The van der Waals surface area contributed by atoms with Crippen molar-refractivity contribution >= 4 is 17.6 Å². The molecule has 0 radical (unpaired) electrons. The molecule has 6 heteroatoms. The number of rotatable bonds is 7. The summed E-state index contributed by atoms with van der Waals surface area (Å²) < 4.78 is 36.9. The molecule has 0 fully saturated rings. The molecule has 134 valence electrons. The highest BCUT2D eigenvalue weighted by molar-refractivity contribution is 6.32. The van der Waals surface area contributed by atoms with Crippen molar-refractivity contribution in [1.82, 2.24) is 0 Å². The lowest BCUT2D eigenvalue weighted by Gasteiger charge is -2.16. The first-order valence-corrected chi connectivity index (χ1v) is 8.20. The van der Waals surface area contributed by atoms with Crippen molar-refractivity contribution in [2.24, 2.45) is 0 Å². The van der Waals surface area contributed by atoms with E-state index in [1.165, 1.54) is 19.2 Å². The third-order valence-electron chi connectivity index (χ3n) is 3.88. The van der Waals surface area contributed by atoms with Crippen LogP contribution in [-0.4, -0.2) is 13.1 Å². The molecular weight excluding hydrogens is 350 g/mol. The van der Waals surface area contributed by atoms with E-state index in [1.807, 2.05) is 13.0 Å². The molecular formula is C19H19ClF2O3. The van der Waals surface area contributed by atoms with E-state index in [9.17, 15) is 13.6 Å². The number of methoxy groups -OCH3 is 1. The zero-order chi connectivity index (χ0) is 18.4. The quantitative estimate of drug-likeness (QED) is 0.635. The molecule has 0 aliphatic rings. The molecule has 2 rings (SSSR count). The largest absolute Gasteiger partial charge is 0.487 e. The van der Waals surface area contributed by atoms with Gasteiger partial charge in [0.2, 0.25) is 0 Å². The molecule has 0 saturated heterocycles. The van der Waals surface area contributed by atoms with Crippen LogP contribution >= 0.6 is 11.6 Å². The summed E-state index contributed by atoms with van der Waals surface area (Å²) in [5, 5.41) is 0.420. The summed E-state index contributed by atoms with van der Waals surface area (Å²) in [6, 6.07) is 9.80. The van der Waals surface area contributed by atoms with Crippen LogP contribution < -0.4 is 4.74 Å². The highest BCUT2D eigenvalue weighted by atomic mass is 35.5. The average Bonchev–Trinajstić information content (AvgIpc) is 2.60. The molecule has 0 amide bonds. The summed E-state index contributed by atoms with van der Waals surface area (Å²) in [5.41, 5.74) is 1.61. The Kier molecular flexibility index (Phi) is 6.76. The summed E-state index contributed by atoms with van der Waals surface area (Å²) in [6.07, 6.45) is -1.94. The molecule has 0 aliphatic heterocycles. The zero-order valence-electron chi connectivity index (χ0n) is 14.0. The van der Waals surface area contributed by atoms with Crippen LogP contribution in [0.15, 0.2) is 36.4 Å². The van der Waals surface area contributed by atoms with Gasteiger partial charge in [0.1, 0.15) is 12.4 Å². The first-order chi connectivity index (χ1) is 12.0. The Morgan fingerprint density at radius 3 is 2.60 bits per heavy atom. The zero-order valence-corrected chi connectivity index (χ0v) is 14.8. The molecule has 0 atom stereocenters. The summed E-state index contributed by atoms with van der Waals surface area (Å²) >= 11 is 6.18. The molecule has 0 aliphatic carbocycles. The van der Waals surface area contributed by atoms with Gasteiger partial charge in [-0.15, -0.1) is 0 Å². The predicted octanol–water partition coefficient (Wildman–Crippen LogP) is 5.13. The van der Waals surface area contributed by atoms with Gasteiger partial charge in [-0.2, -0.15) is 0 Å². The van der Waals surface area contributed by atoms with Crippen molar-refractivity contribution in [1.29, 1.82) is 0 Å². The summed E-state index contributed by atoms with van der Waals surface area (Å²) in [6.45, 7) is 1.89. The maximum Gasteiger partial charge on any atom is 0.309 e. The molecule has 3 nitrogen and oxygen atoms in total. The van der Waals surface area contributed by atoms with Gasteiger partial charge in [-0.3, -0.25) is 4.79 Å². The smallest absolute Gasteiger partial charge is 0.309 e. The molecule has 0 spiro atoms. The number of hydrogen-bond acceptors (Lipinski definition) is 3. The molecule has 25 heavy (non-hydrogen) atoms. The van der Waals surface area contributed by atoms with E-state index in [0.29, 0.717) is 16.3 Å². The van der Waals surface area contributed by atoms with Gasteiger partial charge in [-0.25, -0.2) is 8.78 Å². The monoisotopic (exact) mass is 368 g/mol. The van der Waals surface area contributed by atoms with E-state index >= 15 is 0 Å². The highest BCUT2D eigenvalue weighted by Crippen LogP contribution is 2.30. The fourth-order valence-corrected chi connectivity index (χ4v) is 2.72. The number of halogens is 3. The third kappa shape index (κ3) is 4.92. The topological polar surface area (TPSA) is 35.5 Å². The van der Waals surface area contributed by atoms with Crippen molar-refractivity contribution in [3.8, 4) is 5.75 Å². The second kappa shape index (κ2) is 8.81. The highest BCUT2D eigenvalue weighted by Gasteiger charge is 2.19. The average molecular weight is 369 g/mol. The van der Waals surface area contributed by atoms with Crippen molar-refractivity contribution in [3.05, 3.63) is 63.7 Å². The maximum absolute atomic E-state index is 13.3. The Bertz CT molecular complexity index is 747. The second-order valence-corrected chi connectivity index (χ2v) is 5.85. The number of carbonyl (C=O) groups excluding carboxylic acids is 1. The van der Waals surface area contributed by atoms with Gasteiger partial charge in [0.25, 0.3) is 6.43 Å². The van der Waals surface area contributed by atoms with Crippen LogP contribution in [0.1, 0.15) is 35.6 Å². The van der Waals surface area contributed by atoms with Gasteiger partial charge in [0.05, 0.1) is 18.6 Å². The number of alkyl halides is 2. The molecule has 2 aromatic rings. The SMILES string of the molecule is CCc1ccc(OCc2c(CC(=O)OC)cccc2C(F)F)c(Cl)c1. The lowest BCUT2D eigenvalue weighted by atomic mass is 9.99. The van der Waals surface area contributed by atoms with Gasteiger partial charge in [-0.05, 0) is 29.7 Å². The van der Waals surface area contributed by atoms with Crippen LogP contribution in [-0.2, 0) is 29.0 Å². The number of hydrogen-bond donors (Lipinski definition) is 0. The minimum Gasteiger partial charge on any atom is -0.487 e. The fraction of sp³-hybridized carbons (Fsp3) is 0.316. The molecule has 0 bridgehead atoms. The van der Waals surface area contributed by atoms with Gasteiger partial charge in [0, 0.05) is 11.1 Å². The molecule has 0 N–H and O–H groups in total. The minimum atomic E-state index is -2.67. The molecule has 0 saturated carbocycles. The van der Waals surface area contributed by atoms with Crippen LogP contribution in [0.2, 0.25) is 5.02 Å². The van der Waals surface area contributed by atoms with Gasteiger partial charge in [0.15, 0.2) is 0 Å². The summed E-state index contributed by atoms with van der Waals surface area (Å²) in [5.74, 6) is -0.0926. The van der Waals surface area contributed by atoms with Crippen molar-refractivity contribution in [3.63, 3.8) is 0 Å². The predicted molar refractivity (Wildman–Crippen MR) is 92.3 cm³/mol. The Balaban J connectivity index is 2.29. The molecule has 2 aromatic carbocycles. The van der Waals surface area contributed by atoms with E-state index < -0.39 is 12.4 Å². The molecule has 0 aromatic heterocycles. The van der Waals surface area contributed by atoms with Gasteiger partial charge >= 0.3 is 5.97 Å². The van der Waals surface area contributed by atoms with Crippen molar-refractivity contribution in [2.45, 2.75) is 32.8 Å². The van der Waals surface area contributed by atoms with Crippen LogP contribution in [0, 0.1) is 0 Å². The Labute approximate surface area is 150 Å². The molecule has 0 heterocycles. The Morgan fingerprint density at radius 2 is 2.00 bits per heavy atom. The van der Waals surface area contributed by atoms with Crippen molar-refractivity contribution in [2.75, 3.05) is 7.11 Å². The van der Waals surface area contributed by atoms with Crippen LogP contribution in [0.4, 0.5) is 8.78 Å². The van der Waals surface area contributed by atoms with Crippen molar-refractivity contribution < 1.29 is 23.0 Å². The summed E-state index contributed by atoms with van der Waals surface area (Å²) in [7, 11) is 1.25. The maximum atomic E-state index is 13.3. The number of benzene rings is 2. The van der Waals surface area contributed by atoms with E-state index in [0.717, 1.165) is 12.0 Å². The van der Waals surface area contributed by atoms with E-state index in [1.54, 1.807) is 18.2 Å². The first kappa shape index (κ1) is 19.2. The summed E-state index contributed by atoms with van der Waals surface area (Å²) in [4.78, 5) is 11.5. The van der Waals surface area contributed by atoms with E-state index in [2.05, 4.69) is 4.74 Å². The second-order valence-electron chi connectivity index (χ2n) is 5.45. The van der Waals surface area contributed by atoms with Gasteiger partial charge in [-0.1, -0.05) is 42.8 Å². The lowest BCUT2D eigenvalue weighted by molar-refractivity contribution is -0.139. The van der Waals surface area contributed by atoms with Crippen LogP contribution in [0.5, 0.6) is 5.75 Å². The molecule has 0 unspecified atom stereocenters. The van der Waals surface area contributed by atoms with E-state index in [-0.39, 0.29) is 24.2 Å². The lowest BCUT2D eigenvalue weighted by Crippen LogP contribution is -2.11. The Morgan fingerprint density at radius 1 is 1.24 bits per heavy atom. The standard InChI is InChI=1S/C19H19ClF2O3/c1-3-12-7-8-17(16(20)9-12)25-11-15-13(10-18(23)24-2)5-4-6-14(15)19(21)22/h4-9,19H,3,10-11H2,1-2H3. The Hall–Kier alpha value is -2.14. The fourth-order valence-electron chi connectivity index (χ4n) is 2.46. The first-order valence-electron chi connectivity index (χ1n) is 7.83. The number of esters is 1. The van der Waals surface area contributed by atoms with Crippen LogP contribution in [0.3, 0.4) is 0 Å². The normalized spacial score (nSPS) is 10.8. The van der Waals surface area contributed by atoms with Gasteiger partial charge < -0.3 is 9.47 Å². The number of ether oxygens (including phenoxy) is 2. The number of aryl methyl sites for hydroxylation is 1. The number of carbonyl (C=O) groups is 1. The third-order valence-corrected chi connectivity index (χ3v) is 4.18. The minimum absolute atomic E-state index is 0.0990. The van der Waals surface area contributed by atoms with Crippen LogP contribution in [0.25, 0.3) is 0 Å².